The fraction of sp³-hybridized carbons (Fsp3) is 0.348. The molecule has 1 saturated carbocycles. The highest BCUT2D eigenvalue weighted by Crippen LogP contribution is 2.33. The Kier molecular flexibility index (Phi) is 6.79. The first kappa shape index (κ1) is 23.3. The fourth-order valence-corrected chi connectivity index (χ4v) is 4.56. The number of aromatic carboxylic acids is 1. The number of methoxy groups -OCH3 is 1. The molecule has 10 nitrogen and oxygen atoms in total. The number of hydrogen-bond acceptors (Lipinski definition) is 8. The third kappa shape index (κ3) is 4.87. The van der Waals surface area contributed by atoms with Crippen molar-refractivity contribution in [1.82, 2.24) is 20.1 Å². The highest BCUT2D eigenvalue weighted by Gasteiger charge is 2.28. The van der Waals surface area contributed by atoms with Crippen LogP contribution < -0.4 is 14.8 Å². The van der Waals surface area contributed by atoms with Crippen LogP contribution in [0.3, 0.4) is 0 Å². The van der Waals surface area contributed by atoms with Crippen LogP contribution in [0.15, 0.2) is 30.5 Å². The van der Waals surface area contributed by atoms with Gasteiger partial charge < -0.3 is 19.9 Å². The van der Waals surface area contributed by atoms with E-state index in [2.05, 4.69) is 21.5 Å². The van der Waals surface area contributed by atoms with Crippen molar-refractivity contribution in [2.75, 3.05) is 7.11 Å². The predicted octanol–water partition coefficient (Wildman–Crippen LogP) is 3.34. The molecule has 2 heterocycles. The molecule has 1 aliphatic rings. The normalized spacial score (nSPS) is 17.6. The molecular formula is C23H23N5O5S. The summed E-state index contributed by atoms with van der Waals surface area (Å²) in [7, 11) is 1.43. The minimum atomic E-state index is -1.10. The van der Waals surface area contributed by atoms with Crippen LogP contribution in [0.5, 0.6) is 11.1 Å². The smallest absolute Gasteiger partial charge is 0.351 e. The van der Waals surface area contributed by atoms with Crippen molar-refractivity contribution in [2.45, 2.75) is 44.8 Å². The lowest BCUT2D eigenvalue weighted by Crippen LogP contribution is -2.40. The molecule has 3 aromatic rings. The van der Waals surface area contributed by atoms with Gasteiger partial charge >= 0.3 is 5.97 Å². The molecule has 0 radical (unpaired) electrons. The molecule has 0 bridgehead atoms. The topological polar surface area (TPSA) is 139 Å². The van der Waals surface area contributed by atoms with Gasteiger partial charge in [-0.3, -0.25) is 4.79 Å². The summed E-state index contributed by atoms with van der Waals surface area (Å²) >= 11 is 0.929. The highest BCUT2D eigenvalue weighted by molar-refractivity contribution is 7.15. The number of carboxylic acids is 1. The van der Waals surface area contributed by atoms with Gasteiger partial charge in [-0.1, -0.05) is 11.3 Å². The monoisotopic (exact) mass is 481 g/mol. The van der Waals surface area contributed by atoms with Crippen LogP contribution in [0.2, 0.25) is 0 Å². The van der Waals surface area contributed by atoms with Crippen LogP contribution in [0.25, 0.3) is 5.69 Å². The number of thiazole rings is 1. The quantitative estimate of drug-likeness (QED) is 0.524. The number of nitriles is 1. The van der Waals surface area contributed by atoms with Crippen molar-refractivity contribution in [1.29, 1.82) is 5.26 Å². The summed E-state index contributed by atoms with van der Waals surface area (Å²) in [5, 5.41) is 25.9. The number of ether oxygens (including phenoxy) is 2. The van der Waals surface area contributed by atoms with E-state index >= 15 is 0 Å². The maximum atomic E-state index is 12.9. The average molecular weight is 482 g/mol. The second-order valence-electron chi connectivity index (χ2n) is 7.90. The predicted molar refractivity (Wildman–Crippen MR) is 123 cm³/mol. The molecule has 2 N–H and O–H groups in total. The van der Waals surface area contributed by atoms with E-state index in [9.17, 15) is 14.7 Å². The van der Waals surface area contributed by atoms with Crippen molar-refractivity contribution < 1.29 is 24.2 Å². The van der Waals surface area contributed by atoms with Crippen LogP contribution in [-0.2, 0) is 0 Å². The van der Waals surface area contributed by atoms with Gasteiger partial charge in [0.15, 0.2) is 4.88 Å². The van der Waals surface area contributed by atoms with E-state index in [0.29, 0.717) is 42.5 Å². The minimum absolute atomic E-state index is 0.0158. The van der Waals surface area contributed by atoms with Crippen LogP contribution in [0, 0.1) is 18.3 Å². The van der Waals surface area contributed by atoms with Gasteiger partial charge in [-0.05, 0) is 56.9 Å². The standard InChI is InChI=1S/C23H23N5O5S/c1-13-18(12-25-28(13)16-7-3-14(11-24)4-8-16)20(29)26-15-5-9-17(10-6-15)33-21-19(22(30)31)34-23(27-21)32-2/h3-4,7-8,12,15,17H,5-6,9-10H2,1-2H3,(H,26,29)(H,30,31)/t15-,17-. The van der Waals surface area contributed by atoms with E-state index < -0.39 is 5.97 Å². The molecular weight excluding hydrogens is 458 g/mol. The maximum Gasteiger partial charge on any atom is 0.351 e. The Bertz CT molecular complexity index is 1240. The summed E-state index contributed by atoms with van der Waals surface area (Å²) in [6.07, 6.45) is 4.08. The molecule has 34 heavy (non-hydrogen) atoms. The summed E-state index contributed by atoms with van der Waals surface area (Å²) in [5.74, 6) is -1.22. The lowest BCUT2D eigenvalue weighted by molar-refractivity contribution is 0.0686. The van der Waals surface area contributed by atoms with Crippen LogP contribution in [0.1, 0.15) is 57.0 Å². The zero-order valence-corrected chi connectivity index (χ0v) is 19.5. The van der Waals surface area contributed by atoms with Crippen LogP contribution in [0.4, 0.5) is 0 Å². The van der Waals surface area contributed by atoms with Crippen LogP contribution in [-0.4, -0.2) is 51.0 Å². The third-order valence-electron chi connectivity index (χ3n) is 5.73. The van der Waals surface area contributed by atoms with Crippen molar-refractivity contribution in [3.8, 4) is 22.8 Å². The van der Waals surface area contributed by atoms with E-state index in [1.807, 2.05) is 6.92 Å². The summed E-state index contributed by atoms with van der Waals surface area (Å²) in [5.41, 5.74) is 2.52. The molecule has 0 saturated heterocycles. The molecule has 1 aromatic carbocycles. The number of hydrogen-bond donors (Lipinski definition) is 2. The first-order valence-electron chi connectivity index (χ1n) is 10.7. The van der Waals surface area contributed by atoms with Crippen LogP contribution >= 0.6 is 11.3 Å². The number of nitrogens with one attached hydrogen (secondary N) is 1. The number of rotatable bonds is 7. The Morgan fingerprint density at radius 3 is 2.56 bits per heavy atom. The molecule has 1 fully saturated rings. The Labute approximate surface area is 199 Å². The van der Waals surface area contributed by atoms with Gasteiger partial charge in [0.25, 0.3) is 11.1 Å². The second kappa shape index (κ2) is 9.93. The number of carbonyl (C=O) groups excluding carboxylic acids is 1. The number of aromatic nitrogens is 3. The van der Waals surface area contributed by atoms with Gasteiger partial charge in [0.1, 0.15) is 6.10 Å². The largest absolute Gasteiger partial charge is 0.477 e. The summed E-state index contributed by atoms with van der Waals surface area (Å²) in [4.78, 5) is 28.4. The number of nitrogens with zero attached hydrogens (tertiary/aromatic N) is 4. The zero-order chi connectivity index (χ0) is 24.2. The Hall–Kier alpha value is -3.91. The first-order valence-corrected chi connectivity index (χ1v) is 11.5. The van der Waals surface area contributed by atoms with Gasteiger partial charge in [0, 0.05) is 6.04 Å². The fourth-order valence-electron chi connectivity index (χ4n) is 3.91. The molecule has 11 heteroatoms. The Morgan fingerprint density at radius 1 is 1.24 bits per heavy atom. The van der Waals surface area contributed by atoms with Crippen molar-refractivity contribution in [2.24, 2.45) is 0 Å². The van der Waals surface area contributed by atoms with E-state index in [1.54, 1.807) is 35.1 Å². The Balaban J connectivity index is 1.34. The van der Waals surface area contributed by atoms with Gasteiger partial charge in [-0.2, -0.15) is 15.3 Å². The molecule has 0 spiro atoms. The van der Waals surface area contributed by atoms with Crippen molar-refractivity contribution in [3.63, 3.8) is 0 Å². The molecule has 1 amide bonds. The summed E-state index contributed by atoms with van der Waals surface area (Å²) < 4.78 is 12.5. The summed E-state index contributed by atoms with van der Waals surface area (Å²) in [6.45, 7) is 1.83. The van der Waals surface area contributed by atoms with Gasteiger partial charge in [0.05, 0.1) is 41.9 Å². The van der Waals surface area contributed by atoms with Gasteiger partial charge in [-0.15, -0.1) is 0 Å². The SMILES string of the molecule is COc1nc(O[C@H]2CC[C@H](NC(=O)c3cnn(-c4ccc(C#N)cc4)c3C)CC2)c(C(=O)O)s1. The number of benzene rings is 1. The molecule has 0 atom stereocenters. The molecule has 2 aromatic heterocycles. The average Bonchev–Trinajstić information content (AvgIpc) is 3.44. The molecule has 4 rings (SSSR count). The van der Waals surface area contributed by atoms with E-state index in [1.165, 1.54) is 7.11 Å². The minimum Gasteiger partial charge on any atom is -0.477 e. The van der Waals surface area contributed by atoms with Crippen molar-refractivity contribution >= 4 is 23.2 Å². The van der Waals surface area contributed by atoms with E-state index in [0.717, 1.165) is 17.0 Å². The number of amides is 1. The third-order valence-corrected chi connectivity index (χ3v) is 6.71. The molecule has 0 aliphatic heterocycles. The van der Waals surface area contributed by atoms with E-state index in [4.69, 9.17) is 14.7 Å². The summed E-state index contributed by atoms with van der Waals surface area (Å²) in [6, 6.07) is 9.05. The lowest BCUT2D eigenvalue weighted by Gasteiger charge is -2.29. The van der Waals surface area contributed by atoms with Crippen molar-refractivity contribution in [3.05, 3.63) is 52.2 Å². The molecule has 1 aliphatic carbocycles. The second-order valence-corrected chi connectivity index (χ2v) is 8.86. The van der Waals surface area contributed by atoms with Gasteiger partial charge in [-0.25, -0.2) is 9.48 Å². The first-order chi connectivity index (χ1) is 16.4. The molecule has 176 valence electrons. The number of carboxylic acid groups (broad SMARTS) is 1. The molecule has 0 unspecified atom stereocenters. The maximum absolute atomic E-state index is 12.9. The Morgan fingerprint density at radius 2 is 1.94 bits per heavy atom. The highest BCUT2D eigenvalue weighted by atomic mass is 32.1. The van der Waals surface area contributed by atoms with Gasteiger partial charge in [0.2, 0.25) is 5.88 Å². The zero-order valence-electron chi connectivity index (χ0n) is 18.6. The lowest BCUT2D eigenvalue weighted by atomic mass is 9.92. The number of carbonyl (C=O) groups is 2. The van der Waals surface area contributed by atoms with E-state index in [-0.39, 0.29) is 34.0 Å².